The van der Waals surface area contributed by atoms with Crippen molar-refractivity contribution >= 4 is 6.08 Å². The van der Waals surface area contributed by atoms with Gasteiger partial charge in [0, 0.05) is 5.56 Å². The predicted octanol–water partition coefficient (Wildman–Crippen LogP) is 3.99. The van der Waals surface area contributed by atoms with Crippen molar-refractivity contribution in [2.45, 2.75) is 18.5 Å². The molecule has 1 rings (SSSR count). The molecule has 0 bridgehead atoms. The van der Waals surface area contributed by atoms with E-state index < -0.39 is 29.8 Å². The van der Waals surface area contributed by atoms with Crippen molar-refractivity contribution in [1.29, 1.82) is 10.5 Å². The van der Waals surface area contributed by atoms with Gasteiger partial charge in [-0.1, -0.05) is 18.2 Å². The van der Waals surface area contributed by atoms with Gasteiger partial charge in [0.1, 0.15) is 23.5 Å². The quantitative estimate of drug-likeness (QED) is 0.622. The number of allylic oxidation sites excluding steroid dienone is 1. The number of rotatable bonds is 4. The summed E-state index contributed by atoms with van der Waals surface area (Å²) in [5.41, 5.74) is -0.762. The summed E-state index contributed by atoms with van der Waals surface area (Å²) in [6.07, 6.45) is -14.7. The largest absolute Gasteiger partial charge is 0.439 e. The number of benzene rings is 1. The maximum atomic E-state index is 13.2. The van der Waals surface area contributed by atoms with Crippen LogP contribution in [-0.4, -0.2) is 18.5 Å². The molecular weight excluding hydrogens is 314 g/mol. The second-order valence-corrected chi connectivity index (χ2v) is 3.89. The molecule has 22 heavy (non-hydrogen) atoms. The van der Waals surface area contributed by atoms with Gasteiger partial charge in [0.05, 0.1) is 0 Å². The third kappa shape index (κ3) is 4.16. The molecule has 1 aromatic rings. The number of halogens is 6. The van der Waals surface area contributed by atoms with Gasteiger partial charge in [-0.3, -0.25) is 0 Å². The highest BCUT2D eigenvalue weighted by atomic mass is 19.4. The molecule has 1 aromatic carbocycles. The number of nitrogens with zero attached hydrogens (tertiary/aromatic N) is 2. The number of nitriles is 2. The van der Waals surface area contributed by atoms with Crippen molar-refractivity contribution in [3.8, 4) is 17.9 Å². The molecule has 116 valence electrons. The normalized spacial score (nSPS) is 12.7. The number of alkyl halides is 6. The zero-order valence-corrected chi connectivity index (χ0v) is 10.5. The van der Waals surface area contributed by atoms with E-state index in [-0.39, 0.29) is 5.56 Å². The zero-order chi connectivity index (χ0) is 17.0. The van der Waals surface area contributed by atoms with Crippen LogP contribution in [0, 0.1) is 22.7 Å². The summed E-state index contributed by atoms with van der Waals surface area (Å²) < 4.78 is 79.1. The number of para-hydroxylation sites is 1. The van der Waals surface area contributed by atoms with Crippen LogP contribution in [-0.2, 0) is 0 Å². The van der Waals surface area contributed by atoms with Crippen molar-refractivity contribution in [3.63, 3.8) is 0 Å². The topological polar surface area (TPSA) is 56.8 Å². The first-order valence-electron chi connectivity index (χ1n) is 5.50. The Balaban J connectivity index is 3.18. The Bertz CT molecular complexity index is 638. The fraction of sp³-hybridized carbons (Fsp3) is 0.231. The monoisotopic (exact) mass is 320 g/mol. The molecule has 0 radical (unpaired) electrons. The molecule has 0 aliphatic carbocycles. The van der Waals surface area contributed by atoms with Gasteiger partial charge in [-0.05, 0) is 12.1 Å². The summed E-state index contributed by atoms with van der Waals surface area (Å²) in [4.78, 5) is 0. The second-order valence-electron chi connectivity index (χ2n) is 3.89. The zero-order valence-electron chi connectivity index (χ0n) is 10.5. The molecule has 0 aliphatic rings. The Labute approximate surface area is 120 Å². The van der Waals surface area contributed by atoms with E-state index in [2.05, 4.69) is 4.74 Å². The summed E-state index contributed by atoms with van der Waals surface area (Å²) in [6.45, 7) is 0. The van der Waals surface area contributed by atoms with Gasteiger partial charge in [-0.2, -0.15) is 32.5 Å². The van der Waals surface area contributed by atoms with E-state index in [0.717, 1.165) is 24.3 Å². The first-order valence-corrected chi connectivity index (χ1v) is 5.50. The third-order valence-corrected chi connectivity index (χ3v) is 2.29. The Hall–Kier alpha value is -2.68. The Morgan fingerprint density at radius 3 is 2.14 bits per heavy atom. The van der Waals surface area contributed by atoms with Crippen LogP contribution < -0.4 is 4.74 Å². The van der Waals surface area contributed by atoms with Crippen LogP contribution in [0.15, 0.2) is 29.8 Å². The van der Waals surface area contributed by atoms with Gasteiger partial charge in [-0.15, -0.1) is 0 Å². The SMILES string of the molecule is N#CC(C#N)=Cc1ccccc1OC(F)(F)[C@@H](F)C(F)(F)F. The minimum Gasteiger partial charge on any atom is -0.430 e. The van der Waals surface area contributed by atoms with Crippen molar-refractivity contribution in [1.82, 2.24) is 0 Å². The molecule has 0 saturated heterocycles. The minimum atomic E-state index is -5.81. The summed E-state index contributed by atoms with van der Waals surface area (Å²) in [5.74, 6) is -0.803. The number of hydrogen-bond acceptors (Lipinski definition) is 3. The molecule has 0 N–H and O–H groups in total. The lowest BCUT2D eigenvalue weighted by Gasteiger charge is -2.23. The second kappa shape index (κ2) is 6.39. The molecule has 0 aliphatic heterocycles. The molecular formula is C13H6F6N2O. The number of ether oxygens (including phenoxy) is 1. The van der Waals surface area contributed by atoms with E-state index in [1.165, 1.54) is 18.2 Å². The third-order valence-electron chi connectivity index (χ3n) is 2.29. The van der Waals surface area contributed by atoms with Crippen LogP contribution in [0.1, 0.15) is 5.56 Å². The van der Waals surface area contributed by atoms with Crippen molar-refractivity contribution < 1.29 is 31.1 Å². The Morgan fingerprint density at radius 2 is 1.64 bits per heavy atom. The Kier molecular flexibility index (Phi) is 5.05. The summed E-state index contributed by atoms with van der Waals surface area (Å²) in [6, 6.07) is 7.31. The molecule has 3 nitrogen and oxygen atoms in total. The molecule has 0 unspecified atom stereocenters. The molecule has 0 aromatic heterocycles. The summed E-state index contributed by atoms with van der Waals surface area (Å²) in [7, 11) is 0. The molecule has 0 spiro atoms. The Morgan fingerprint density at radius 1 is 1.09 bits per heavy atom. The van der Waals surface area contributed by atoms with Crippen molar-refractivity contribution in [2.75, 3.05) is 0 Å². The van der Waals surface area contributed by atoms with Gasteiger partial charge in [0.15, 0.2) is 0 Å². The maximum Gasteiger partial charge on any atom is 0.439 e. The lowest BCUT2D eigenvalue weighted by molar-refractivity contribution is -0.305. The first-order chi connectivity index (χ1) is 10.1. The van der Waals surface area contributed by atoms with Crippen LogP contribution in [0.5, 0.6) is 5.75 Å². The maximum absolute atomic E-state index is 13.2. The molecule has 0 saturated carbocycles. The minimum absolute atomic E-state index is 0.269. The fourth-order valence-corrected chi connectivity index (χ4v) is 1.33. The molecule has 0 fully saturated rings. The van der Waals surface area contributed by atoms with E-state index in [0.29, 0.717) is 0 Å². The smallest absolute Gasteiger partial charge is 0.430 e. The van der Waals surface area contributed by atoms with Gasteiger partial charge in [-0.25, -0.2) is 4.39 Å². The highest BCUT2D eigenvalue weighted by Crippen LogP contribution is 2.37. The van der Waals surface area contributed by atoms with Gasteiger partial charge in [0.25, 0.3) is 6.17 Å². The van der Waals surface area contributed by atoms with Crippen LogP contribution in [0.3, 0.4) is 0 Å². The fourth-order valence-electron chi connectivity index (χ4n) is 1.33. The lowest BCUT2D eigenvalue weighted by Crippen LogP contribution is -2.45. The lowest BCUT2D eigenvalue weighted by atomic mass is 10.1. The van der Waals surface area contributed by atoms with Crippen molar-refractivity contribution in [3.05, 3.63) is 35.4 Å². The van der Waals surface area contributed by atoms with E-state index in [4.69, 9.17) is 10.5 Å². The molecule has 0 heterocycles. The van der Waals surface area contributed by atoms with E-state index in [1.54, 1.807) is 0 Å². The molecule has 1 atom stereocenters. The average Bonchev–Trinajstić information content (AvgIpc) is 2.44. The number of hydrogen-bond donors (Lipinski definition) is 0. The first kappa shape index (κ1) is 17.4. The van der Waals surface area contributed by atoms with Gasteiger partial charge in [0.2, 0.25) is 0 Å². The van der Waals surface area contributed by atoms with Crippen LogP contribution in [0.2, 0.25) is 0 Å². The van der Waals surface area contributed by atoms with E-state index >= 15 is 0 Å². The predicted molar refractivity (Wildman–Crippen MR) is 62.2 cm³/mol. The van der Waals surface area contributed by atoms with E-state index in [9.17, 15) is 26.3 Å². The molecule has 9 heteroatoms. The van der Waals surface area contributed by atoms with Crippen molar-refractivity contribution in [2.24, 2.45) is 0 Å². The summed E-state index contributed by atoms with van der Waals surface area (Å²) in [5, 5.41) is 17.1. The highest BCUT2D eigenvalue weighted by molar-refractivity contribution is 5.66. The van der Waals surface area contributed by atoms with Crippen LogP contribution in [0.25, 0.3) is 6.08 Å². The summed E-state index contributed by atoms with van der Waals surface area (Å²) >= 11 is 0. The average molecular weight is 320 g/mol. The van der Waals surface area contributed by atoms with Gasteiger partial charge < -0.3 is 4.74 Å². The van der Waals surface area contributed by atoms with Crippen LogP contribution in [0.4, 0.5) is 26.3 Å². The van der Waals surface area contributed by atoms with Crippen LogP contribution >= 0.6 is 0 Å². The highest BCUT2D eigenvalue weighted by Gasteiger charge is 2.59. The molecule has 0 amide bonds. The standard InChI is InChI=1S/C13H6F6N2O/c14-11(12(15,16)17)13(18,19)22-10-4-2-1-3-9(10)5-8(6-20)7-21/h1-5,11H/t11-/m0/s1. The van der Waals surface area contributed by atoms with Gasteiger partial charge >= 0.3 is 12.3 Å². The van der Waals surface area contributed by atoms with E-state index in [1.807, 2.05) is 0 Å².